The van der Waals surface area contributed by atoms with E-state index in [0.717, 1.165) is 63.4 Å². The molecule has 0 bridgehead atoms. The maximum absolute atomic E-state index is 12.7. The molecule has 2 aliphatic rings. The molecule has 3 heterocycles. The summed E-state index contributed by atoms with van der Waals surface area (Å²) in [6.45, 7) is 5.60. The van der Waals surface area contributed by atoms with E-state index in [1.165, 1.54) is 22.1 Å². The first-order valence-electron chi connectivity index (χ1n) is 10.7. The zero-order chi connectivity index (χ0) is 19.6. The number of benzene rings is 2. The van der Waals surface area contributed by atoms with Crippen LogP contribution in [0.1, 0.15) is 23.1 Å². The maximum Gasteiger partial charge on any atom is 0.223 e. The average molecular weight is 391 g/mol. The van der Waals surface area contributed by atoms with Crippen molar-refractivity contribution in [3.63, 3.8) is 0 Å². The van der Waals surface area contributed by atoms with Crippen LogP contribution in [0.3, 0.4) is 0 Å². The number of piperazine rings is 1. The fourth-order valence-corrected chi connectivity index (χ4v) is 4.63. The molecule has 2 N–H and O–H groups in total. The number of aromatic amines is 1. The lowest BCUT2D eigenvalue weighted by atomic mass is 10.1. The van der Waals surface area contributed by atoms with Crippen LogP contribution in [-0.2, 0) is 24.2 Å². The number of carbonyl (C=O) groups excluding carboxylic acids is 1. The van der Waals surface area contributed by atoms with E-state index in [1.807, 2.05) is 12.3 Å². The van der Waals surface area contributed by atoms with Crippen molar-refractivity contribution >= 4 is 16.8 Å². The van der Waals surface area contributed by atoms with Gasteiger partial charge in [-0.15, -0.1) is 0 Å². The maximum atomic E-state index is 12.7. The normalized spacial score (nSPS) is 16.8. The van der Waals surface area contributed by atoms with Crippen molar-refractivity contribution in [3.8, 4) is 5.75 Å². The van der Waals surface area contributed by atoms with E-state index in [9.17, 15) is 4.79 Å². The molecule has 0 atom stereocenters. The van der Waals surface area contributed by atoms with Gasteiger partial charge in [0.05, 0.1) is 32.8 Å². The topological polar surface area (TPSA) is 49.8 Å². The lowest BCUT2D eigenvalue weighted by Gasteiger charge is -2.32. The summed E-state index contributed by atoms with van der Waals surface area (Å²) in [4.78, 5) is 19.6. The number of rotatable bonds is 5. The number of amides is 1. The van der Waals surface area contributed by atoms with Gasteiger partial charge in [-0.05, 0) is 41.8 Å². The third-order valence-corrected chi connectivity index (χ3v) is 6.31. The van der Waals surface area contributed by atoms with Crippen molar-refractivity contribution in [1.29, 1.82) is 0 Å². The average Bonchev–Trinajstić information content (AvgIpc) is 3.39. The molecule has 1 aromatic heterocycles. The highest BCUT2D eigenvalue weighted by Crippen LogP contribution is 2.25. The van der Waals surface area contributed by atoms with Crippen molar-refractivity contribution in [3.05, 3.63) is 65.4 Å². The highest BCUT2D eigenvalue weighted by atomic mass is 16.5. The zero-order valence-corrected chi connectivity index (χ0v) is 16.7. The second-order valence-electron chi connectivity index (χ2n) is 8.21. The van der Waals surface area contributed by atoms with E-state index in [1.54, 1.807) is 4.90 Å². The number of aromatic nitrogens is 1. The van der Waals surface area contributed by atoms with Crippen LogP contribution in [0.4, 0.5) is 0 Å². The van der Waals surface area contributed by atoms with Gasteiger partial charge in [-0.2, -0.15) is 0 Å². The molecule has 5 heteroatoms. The summed E-state index contributed by atoms with van der Waals surface area (Å²) in [7, 11) is 0. The van der Waals surface area contributed by atoms with Crippen molar-refractivity contribution in [2.45, 2.75) is 25.8 Å². The molecule has 0 unspecified atom stereocenters. The van der Waals surface area contributed by atoms with Gasteiger partial charge in [0.25, 0.3) is 0 Å². The van der Waals surface area contributed by atoms with Crippen LogP contribution in [0.5, 0.6) is 5.75 Å². The highest BCUT2D eigenvalue weighted by molar-refractivity contribution is 5.84. The Bertz CT molecular complexity index is 1020. The minimum Gasteiger partial charge on any atom is -0.493 e. The lowest BCUT2D eigenvalue weighted by Crippen LogP contribution is -3.13. The standard InChI is InChI=1S/C24H27N3O2/c28-24(8-6-20-16-25-22-4-2-1-3-21(20)22)27-12-10-26(11-13-27)17-18-5-7-23-19(15-18)9-14-29-23/h1-5,7,15-16,25H,6,8-14,17H2/p+1. The number of carbonyl (C=O) groups is 1. The number of aryl methyl sites for hydroxylation is 1. The highest BCUT2D eigenvalue weighted by Gasteiger charge is 2.24. The number of nitrogens with zero attached hydrogens (tertiary/aromatic N) is 1. The van der Waals surface area contributed by atoms with Gasteiger partial charge in [0.1, 0.15) is 12.3 Å². The fraction of sp³-hybridized carbons (Fsp3) is 0.375. The number of H-pyrrole nitrogens is 1. The molecule has 29 heavy (non-hydrogen) atoms. The quantitative estimate of drug-likeness (QED) is 0.700. The molecule has 5 rings (SSSR count). The van der Waals surface area contributed by atoms with Gasteiger partial charge < -0.3 is 19.5 Å². The Morgan fingerprint density at radius 2 is 2.00 bits per heavy atom. The second-order valence-corrected chi connectivity index (χ2v) is 8.21. The molecular formula is C24H28N3O2+. The van der Waals surface area contributed by atoms with Crippen LogP contribution in [0.2, 0.25) is 0 Å². The Balaban J connectivity index is 1.12. The van der Waals surface area contributed by atoms with Crippen molar-refractivity contribution < 1.29 is 14.4 Å². The van der Waals surface area contributed by atoms with E-state index >= 15 is 0 Å². The monoisotopic (exact) mass is 390 g/mol. The summed E-state index contributed by atoms with van der Waals surface area (Å²) in [5.41, 5.74) is 5.10. The fourth-order valence-electron chi connectivity index (χ4n) is 4.63. The van der Waals surface area contributed by atoms with Crippen LogP contribution in [0.15, 0.2) is 48.7 Å². The van der Waals surface area contributed by atoms with Crippen molar-refractivity contribution in [2.75, 3.05) is 32.8 Å². The molecular weight excluding hydrogens is 362 g/mol. The van der Waals surface area contributed by atoms with Crippen LogP contribution in [0.25, 0.3) is 10.9 Å². The van der Waals surface area contributed by atoms with Crippen LogP contribution in [0, 0.1) is 0 Å². The van der Waals surface area contributed by atoms with Gasteiger partial charge in [0, 0.05) is 35.5 Å². The number of ether oxygens (including phenoxy) is 1. The summed E-state index contributed by atoms with van der Waals surface area (Å²) < 4.78 is 5.60. The van der Waals surface area contributed by atoms with E-state index < -0.39 is 0 Å². The number of quaternary nitrogens is 1. The molecule has 3 aromatic rings. The molecule has 0 saturated carbocycles. The minimum atomic E-state index is 0.281. The minimum absolute atomic E-state index is 0.281. The van der Waals surface area contributed by atoms with E-state index in [4.69, 9.17) is 4.74 Å². The number of para-hydroxylation sites is 1. The zero-order valence-electron chi connectivity index (χ0n) is 16.7. The predicted octanol–water partition coefficient (Wildman–Crippen LogP) is 1.96. The second kappa shape index (κ2) is 7.91. The third kappa shape index (κ3) is 3.87. The first-order valence-corrected chi connectivity index (χ1v) is 10.7. The van der Waals surface area contributed by atoms with Gasteiger partial charge in [0.15, 0.2) is 0 Å². The number of hydrogen-bond acceptors (Lipinski definition) is 2. The van der Waals surface area contributed by atoms with Gasteiger partial charge in [0.2, 0.25) is 5.91 Å². The first-order chi connectivity index (χ1) is 14.3. The summed E-state index contributed by atoms with van der Waals surface area (Å²) in [6, 6.07) is 14.9. The number of fused-ring (bicyclic) bond motifs is 2. The van der Waals surface area contributed by atoms with E-state index in [0.29, 0.717) is 6.42 Å². The summed E-state index contributed by atoms with van der Waals surface area (Å²) in [6.07, 6.45) is 4.45. The molecule has 150 valence electrons. The van der Waals surface area contributed by atoms with Crippen molar-refractivity contribution in [1.82, 2.24) is 9.88 Å². The smallest absolute Gasteiger partial charge is 0.223 e. The van der Waals surface area contributed by atoms with Crippen LogP contribution >= 0.6 is 0 Å². The molecule has 1 fully saturated rings. The Kier molecular flexibility index (Phi) is 4.98. The van der Waals surface area contributed by atoms with Gasteiger partial charge >= 0.3 is 0 Å². The molecule has 5 nitrogen and oxygen atoms in total. The Labute approximate surface area is 171 Å². The Morgan fingerprint density at radius 1 is 1.14 bits per heavy atom. The molecule has 0 radical (unpaired) electrons. The van der Waals surface area contributed by atoms with E-state index in [-0.39, 0.29) is 5.91 Å². The molecule has 2 aromatic carbocycles. The van der Waals surface area contributed by atoms with Crippen LogP contribution in [-0.4, -0.2) is 48.6 Å². The van der Waals surface area contributed by atoms with Gasteiger partial charge in [-0.3, -0.25) is 4.79 Å². The Hall–Kier alpha value is -2.79. The van der Waals surface area contributed by atoms with Gasteiger partial charge in [-0.1, -0.05) is 18.2 Å². The summed E-state index contributed by atoms with van der Waals surface area (Å²) in [5, 5.41) is 1.23. The van der Waals surface area contributed by atoms with Gasteiger partial charge in [-0.25, -0.2) is 0 Å². The lowest BCUT2D eigenvalue weighted by molar-refractivity contribution is -0.917. The molecule has 1 amide bonds. The molecule has 2 aliphatic heterocycles. The Morgan fingerprint density at radius 3 is 2.90 bits per heavy atom. The predicted molar refractivity (Wildman–Crippen MR) is 113 cm³/mol. The number of nitrogens with one attached hydrogen (secondary N) is 2. The van der Waals surface area contributed by atoms with Crippen molar-refractivity contribution in [2.24, 2.45) is 0 Å². The summed E-state index contributed by atoms with van der Waals surface area (Å²) >= 11 is 0. The van der Waals surface area contributed by atoms with Crippen LogP contribution < -0.4 is 9.64 Å². The molecule has 0 aliphatic carbocycles. The SMILES string of the molecule is O=C(CCc1c[nH]c2ccccc12)N1CC[NH+](Cc2ccc3c(c2)CCO3)CC1. The largest absolute Gasteiger partial charge is 0.493 e. The first kappa shape index (κ1) is 18.3. The molecule has 0 spiro atoms. The molecule has 1 saturated heterocycles. The van der Waals surface area contributed by atoms with E-state index in [2.05, 4.69) is 46.3 Å². The third-order valence-electron chi connectivity index (χ3n) is 6.31. The number of hydrogen-bond donors (Lipinski definition) is 2. The summed E-state index contributed by atoms with van der Waals surface area (Å²) in [5.74, 6) is 1.33.